The molecule has 0 aliphatic rings. The van der Waals surface area contributed by atoms with Crippen LogP contribution in [0.5, 0.6) is 5.75 Å². The first kappa shape index (κ1) is 12.3. The highest BCUT2D eigenvalue weighted by Gasteiger charge is 2.06. The monoisotopic (exact) mass is 245 g/mol. The molecule has 1 aromatic carbocycles. The molecule has 5 nitrogen and oxygen atoms in total. The zero-order valence-corrected chi connectivity index (χ0v) is 10.4. The Hall–Kier alpha value is -2.14. The highest BCUT2D eigenvalue weighted by molar-refractivity contribution is 5.62. The van der Waals surface area contributed by atoms with Crippen molar-refractivity contribution >= 4 is 0 Å². The van der Waals surface area contributed by atoms with Crippen molar-refractivity contribution in [3.05, 3.63) is 45.7 Å². The van der Waals surface area contributed by atoms with E-state index in [9.17, 15) is 4.79 Å². The van der Waals surface area contributed by atoms with E-state index in [0.29, 0.717) is 11.3 Å². The molecule has 1 aromatic heterocycles. The van der Waals surface area contributed by atoms with Crippen LogP contribution in [0.15, 0.2) is 29.1 Å². The van der Waals surface area contributed by atoms with Crippen LogP contribution in [-0.4, -0.2) is 17.3 Å². The minimum Gasteiger partial charge on any atom is -0.496 e. The molecule has 0 unspecified atom stereocenters. The highest BCUT2D eigenvalue weighted by atomic mass is 16.5. The van der Waals surface area contributed by atoms with Gasteiger partial charge in [0.25, 0.3) is 5.56 Å². The maximum absolute atomic E-state index is 11.4. The van der Waals surface area contributed by atoms with Gasteiger partial charge in [-0.25, -0.2) is 5.10 Å². The summed E-state index contributed by atoms with van der Waals surface area (Å²) in [5.74, 6) is 0.822. The number of ether oxygens (including phenoxy) is 1. The number of aromatic amines is 1. The summed E-state index contributed by atoms with van der Waals surface area (Å²) in [6.07, 6.45) is 0. The molecule has 0 spiro atoms. The molecule has 0 bridgehead atoms. The number of benzene rings is 1. The molecule has 94 valence electrons. The van der Waals surface area contributed by atoms with Crippen LogP contribution in [0.2, 0.25) is 0 Å². The summed E-state index contributed by atoms with van der Waals surface area (Å²) in [6, 6.07) is 7.44. The van der Waals surface area contributed by atoms with E-state index >= 15 is 0 Å². The fourth-order valence-electron chi connectivity index (χ4n) is 1.78. The molecule has 5 heteroatoms. The van der Waals surface area contributed by atoms with E-state index < -0.39 is 0 Å². The SMILES string of the molecule is COc1ccc(-c2cc(CN)c(=O)[nH]n2)cc1C. The Morgan fingerprint density at radius 2 is 2.17 bits per heavy atom. The van der Waals surface area contributed by atoms with Crippen molar-refractivity contribution in [2.75, 3.05) is 7.11 Å². The van der Waals surface area contributed by atoms with E-state index in [4.69, 9.17) is 10.5 Å². The molecule has 0 saturated carbocycles. The summed E-state index contributed by atoms with van der Waals surface area (Å²) in [7, 11) is 1.63. The molecule has 2 rings (SSSR count). The maximum atomic E-state index is 11.4. The van der Waals surface area contributed by atoms with E-state index in [1.54, 1.807) is 13.2 Å². The Bertz CT molecular complexity index is 620. The molecule has 1 heterocycles. The highest BCUT2D eigenvalue weighted by Crippen LogP contribution is 2.24. The van der Waals surface area contributed by atoms with E-state index in [2.05, 4.69) is 10.2 Å². The van der Waals surface area contributed by atoms with Crippen molar-refractivity contribution in [3.8, 4) is 17.0 Å². The van der Waals surface area contributed by atoms with Gasteiger partial charge in [0.15, 0.2) is 0 Å². The quantitative estimate of drug-likeness (QED) is 0.851. The smallest absolute Gasteiger partial charge is 0.268 e. The van der Waals surface area contributed by atoms with Crippen LogP contribution in [0.1, 0.15) is 11.1 Å². The molecule has 0 amide bonds. The van der Waals surface area contributed by atoms with Crippen LogP contribution in [0.3, 0.4) is 0 Å². The second kappa shape index (κ2) is 5.01. The van der Waals surface area contributed by atoms with Gasteiger partial charge in [-0.05, 0) is 36.8 Å². The minimum atomic E-state index is -0.244. The van der Waals surface area contributed by atoms with Gasteiger partial charge in [-0.3, -0.25) is 4.79 Å². The fraction of sp³-hybridized carbons (Fsp3) is 0.231. The Kier molecular flexibility index (Phi) is 3.43. The van der Waals surface area contributed by atoms with E-state index in [0.717, 1.165) is 16.9 Å². The average molecular weight is 245 g/mol. The number of rotatable bonds is 3. The predicted molar refractivity (Wildman–Crippen MR) is 69.5 cm³/mol. The van der Waals surface area contributed by atoms with Gasteiger partial charge >= 0.3 is 0 Å². The molecule has 0 radical (unpaired) electrons. The van der Waals surface area contributed by atoms with Crippen molar-refractivity contribution in [2.45, 2.75) is 13.5 Å². The lowest BCUT2D eigenvalue weighted by Gasteiger charge is -2.07. The summed E-state index contributed by atoms with van der Waals surface area (Å²) >= 11 is 0. The molecule has 0 aliphatic heterocycles. The maximum Gasteiger partial charge on any atom is 0.268 e. The van der Waals surface area contributed by atoms with Gasteiger partial charge in [0.1, 0.15) is 5.75 Å². The van der Waals surface area contributed by atoms with Gasteiger partial charge in [-0.2, -0.15) is 5.10 Å². The number of methoxy groups -OCH3 is 1. The molecule has 0 fully saturated rings. The van der Waals surface area contributed by atoms with Crippen molar-refractivity contribution in [1.82, 2.24) is 10.2 Å². The summed E-state index contributed by atoms with van der Waals surface area (Å²) in [6.45, 7) is 2.15. The third-order valence-corrected chi connectivity index (χ3v) is 2.79. The minimum absolute atomic E-state index is 0.194. The number of hydrogen-bond donors (Lipinski definition) is 2. The zero-order chi connectivity index (χ0) is 13.1. The molecule has 2 aromatic rings. The van der Waals surface area contributed by atoms with Crippen LogP contribution in [0.4, 0.5) is 0 Å². The third-order valence-electron chi connectivity index (χ3n) is 2.79. The predicted octanol–water partition coefficient (Wildman–Crippen LogP) is 1.21. The molecule has 0 saturated heterocycles. The summed E-state index contributed by atoms with van der Waals surface area (Å²) in [5, 5.41) is 6.47. The van der Waals surface area contributed by atoms with E-state index in [1.807, 2.05) is 25.1 Å². The van der Waals surface area contributed by atoms with Gasteiger partial charge in [-0.1, -0.05) is 0 Å². The lowest BCUT2D eigenvalue weighted by atomic mass is 10.1. The van der Waals surface area contributed by atoms with Crippen molar-refractivity contribution in [3.63, 3.8) is 0 Å². The standard InChI is InChI=1S/C13H15N3O2/c1-8-5-9(3-4-12(8)18-2)11-6-10(7-14)13(17)16-15-11/h3-6H,7,14H2,1-2H3,(H,16,17). The molecule has 18 heavy (non-hydrogen) atoms. The van der Waals surface area contributed by atoms with Crippen LogP contribution in [0, 0.1) is 6.92 Å². The Balaban J connectivity index is 2.48. The van der Waals surface area contributed by atoms with Crippen molar-refractivity contribution < 1.29 is 4.74 Å². The number of aromatic nitrogens is 2. The van der Waals surface area contributed by atoms with Crippen LogP contribution in [0.25, 0.3) is 11.3 Å². The van der Waals surface area contributed by atoms with Crippen molar-refractivity contribution in [2.24, 2.45) is 5.73 Å². The third kappa shape index (κ3) is 2.26. The molecule has 0 aliphatic carbocycles. The number of nitrogens with one attached hydrogen (secondary N) is 1. The Morgan fingerprint density at radius 1 is 1.39 bits per heavy atom. The number of nitrogens with two attached hydrogens (primary N) is 1. The summed E-state index contributed by atoms with van der Waals surface area (Å²) in [5.41, 5.74) is 8.41. The van der Waals surface area contributed by atoms with Gasteiger partial charge in [0.2, 0.25) is 0 Å². The van der Waals surface area contributed by atoms with E-state index in [-0.39, 0.29) is 12.1 Å². The number of aryl methyl sites for hydroxylation is 1. The van der Waals surface area contributed by atoms with Gasteiger partial charge in [0, 0.05) is 17.7 Å². The Labute approximate surface area is 105 Å². The van der Waals surface area contributed by atoms with Crippen LogP contribution in [-0.2, 0) is 6.54 Å². The number of H-pyrrole nitrogens is 1. The normalized spacial score (nSPS) is 10.4. The Morgan fingerprint density at radius 3 is 2.78 bits per heavy atom. The van der Waals surface area contributed by atoms with E-state index in [1.165, 1.54) is 0 Å². The van der Waals surface area contributed by atoms with Gasteiger partial charge in [0.05, 0.1) is 12.8 Å². The second-order valence-electron chi connectivity index (χ2n) is 4.00. The van der Waals surface area contributed by atoms with Crippen LogP contribution < -0.4 is 16.0 Å². The number of nitrogens with zero attached hydrogens (tertiary/aromatic N) is 1. The largest absolute Gasteiger partial charge is 0.496 e. The second-order valence-corrected chi connectivity index (χ2v) is 4.00. The van der Waals surface area contributed by atoms with Gasteiger partial charge in [-0.15, -0.1) is 0 Å². The average Bonchev–Trinajstić information content (AvgIpc) is 2.39. The lowest BCUT2D eigenvalue weighted by Crippen LogP contribution is -2.17. The molecule has 0 atom stereocenters. The summed E-state index contributed by atoms with van der Waals surface area (Å²) in [4.78, 5) is 11.4. The van der Waals surface area contributed by atoms with Crippen molar-refractivity contribution in [1.29, 1.82) is 0 Å². The van der Waals surface area contributed by atoms with Crippen LogP contribution >= 0.6 is 0 Å². The molecular formula is C13H15N3O2. The number of hydrogen-bond acceptors (Lipinski definition) is 4. The lowest BCUT2D eigenvalue weighted by molar-refractivity contribution is 0.412. The first-order valence-corrected chi connectivity index (χ1v) is 5.59. The molecule has 3 N–H and O–H groups in total. The first-order valence-electron chi connectivity index (χ1n) is 5.59. The first-order chi connectivity index (χ1) is 8.65. The van der Waals surface area contributed by atoms with Gasteiger partial charge < -0.3 is 10.5 Å². The molecular weight excluding hydrogens is 230 g/mol. The summed E-state index contributed by atoms with van der Waals surface area (Å²) < 4.78 is 5.20. The topological polar surface area (TPSA) is 81.0 Å². The fourth-order valence-corrected chi connectivity index (χ4v) is 1.78. The zero-order valence-electron chi connectivity index (χ0n) is 10.4.